The van der Waals surface area contributed by atoms with Gasteiger partial charge in [0.25, 0.3) is 0 Å². The van der Waals surface area contributed by atoms with Crippen LogP contribution in [0.3, 0.4) is 0 Å². The Morgan fingerprint density at radius 1 is 1.00 bits per heavy atom. The van der Waals surface area contributed by atoms with Crippen LogP contribution in [0.4, 0.5) is 4.79 Å². The van der Waals surface area contributed by atoms with E-state index in [0.29, 0.717) is 52.6 Å². The molecule has 0 N–H and O–H groups in total. The lowest BCUT2D eigenvalue weighted by Gasteiger charge is -2.39. The summed E-state index contributed by atoms with van der Waals surface area (Å²) >= 11 is 0. The maximum atomic E-state index is 13.1. The molecule has 3 aliphatic heterocycles. The van der Waals surface area contributed by atoms with Gasteiger partial charge >= 0.3 is 6.03 Å². The Labute approximate surface area is 137 Å². The maximum absolute atomic E-state index is 13.1. The van der Waals surface area contributed by atoms with Gasteiger partial charge in [0, 0.05) is 58.9 Å². The SMILES string of the molecule is CN(C)C(=O)N1CC(C(=O)N2CCOCC2)C2(CCOCC2)C1. The van der Waals surface area contributed by atoms with E-state index in [-0.39, 0.29) is 23.3 Å². The maximum Gasteiger partial charge on any atom is 0.319 e. The predicted octanol–water partition coefficient (Wildman–Crippen LogP) is 0.255. The highest BCUT2D eigenvalue weighted by Gasteiger charge is 2.52. The van der Waals surface area contributed by atoms with Gasteiger partial charge in [-0.05, 0) is 12.8 Å². The van der Waals surface area contributed by atoms with E-state index in [9.17, 15) is 9.59 Å². The molecule has 0 saturated carbocycles. The summed E-state index contributed by atoms with van der Waals surface area (Å²) < 4.78 is 10.9. The summed E-state index contributed by atoms with van der Waals surface area (Å²) in [5.74, 6) is 0.0673. The van der Waals surface area contributed by atoms with E-state index in [0.717, 1.165) is 12.8 Å². The van der Waals surface area contributed by atoms with E-state index in [4.69, 9.17) is 9.47 Å². The third-order valence-electron chi connectivity index (χ3n) is 5.41. The highest BCUT2D eigenvalue weighted by Crippen LogP contribution is 2.45. The van der Waals surface area contributed by atoms with Gasteiger partial charge in [-0.2, -0.15) is 0 Å². The van der Waals surface area contributed by atoms with Crippen molar-refractivity contribution in [3.8, 4) is 0 Å². The smallest absolute Gasteiger partial charge is 0.319 e. The van der Waals surface area contributed by atoms with Crippen molar-refractivity contribution < 1.29 is 19.1 Å². The Hall–Kier alpha value is -1.34. The Kier molecular flexibility index (Phi) is 4.77. The minimum atomic E-state index is -0.126. The van der Waals surface area contributed by atoms with Gasteiger partial charge in [-0.15, -0.1) is 0 Å². The van der Waals surface area contributed by atoms with Crippen molar-refractivity contribution in [3.05, 3.63) is 0 Å². The van der Waals surface area contributed by atoms with Crippen LogP contribution in [0.15, 0.2) is 0 Å². The Balaban J connectivity index is 1.79. The van der Waals surface area contributed by atoms with Crippen molar-refractivity contribution >= 4 is 11.9 Å². The van der Waals surface area contributed by atoms with Crippen molar-refractivity contribution in [2.45, 2.75) is 12.8 Å². The van der Waals surface area contributed by atoms with Crippen LogP contribution in [0, 0.1) is 11.3 Å². The summed E-state index contributed by atoms with van der Waals surface area (Å²) in [6.07, 6.45) is 1.70. The summed E-state index contributed by atoms with van der Waals surface area (Å²) in [6, 6.07) is -0.00635. The number of hydrogen-bond donors (Lipinski definition) is 0. The van der Waals surface area contributed by atoms with Crippen LogP contribution in [-0.2, 0) is 14.3 Å². The second-order valence-corrected chi connectivity index (χ2v) is 7.02. The zero-order valence-electron chi connectivity index (χ0n) is 14.1. The molecule has 3 amide bonds. The molecule has 3 rings (SSSR count). The second kappa shape index (κ2) is 6.65. The molecule has 0 aromatic rings. The molecule has 3 saturated heterocycles. The summed E-state index contributed by atoms with van der Waals surface area (Å²) in [6.45, 7) is 5.06. The number of hydrogen-bond acceptors (Lipinski definition) is 4. The molecule has 1 spiro atoms. The summed E-state index contributed by atoms with van der Waals surface area (Å²) in [5.41, 5.74) is -0.126. The minimum absolute atomic E-state index is 0.00635. The highest BCUT2D eigenvalue weighted by molar-refractivity contribution is 5.83. The predicted molar refractivity (Wildman–Crippen MR) is 84.0 cm³/mol. The van der Waals surface area contributed by atoms with Crippen LogP contribution in [0.25, 0.3) is 0 Å². The number of likely N-dealkylation sites (tertiary alicyclic amines) is 1. The number of ether oxygens (including phenoxy) is 2. The zero-order valence-corrected chi connectivity index (χ0v) is 14.1. The summed E-state index contributed by atoms with van der Waals surface area (Å²) in [5, 5.41) is 0. The summed E-state index contributed by atoms with van der Waals surface area (Å²) in [4.78, 5) is 30.8. The molecule has 3 heterocycles. The normalized spacial score (nSPS) is 27.3. The first-order valence-electron chi connectivity index (χ1n) is 8.44. The van der Waals surface area contributed by atoms with Crippen molar-refractivity contribution in [2.24, 2.45) is 11.3 Å². The average molecular weight is 325 g/mol. The van der Waals surface area contributed by atoms with Crippen molar-refractivity contribution in [3.63, 3.8) is 0 Å². The van der Waals surface area contributed by atoms with Crippen molar-refractivity contribution in [2.75, 3.05) is 66.7 Å². The van der Waals surface area contributed by atoms with Crippen LogP contribution in [-0.4, -0.2) is 93.3 Å². The third kappa shape index (κ3) is 3.17. The van der Waals surface area contributed by atoms with Gasteiger partial charge in [0.05, 0.1) is 19.1 Å². The number of urea groups is 1. The van der Waals surface area contributed by atoms with Gasteiger partial charge in [-0.3, -0.25) is 4.79 Å². The van der Waals surface area contributed by atoms with Crippen LogP contribution in [0.1, 0.15) is 12.8 Å². The lowest BCUT2D eigenvalue weighted by Crippen LogP contribution is -2.49. The molecule has 3 aliphatic rings. The molecular weight excluding hydrogens is 298 g/mol. The highest BCUT2D eigenvalue weighted by atomic mass is 16.5. The molecule has 0 radical (unpaired) electrons. The number of amides is 3. The number of nitrogens with zero attached hydrogens (tertiary/aromatic N) is 3. The fourth-order valence-corrected chi connectivity index (χ4v) is 4.03. The molecule has 130 valence electrons. The van der Waals surface area contributed by atoms with Crippen molar-refractivity contribution in [1.82, 2.24) is 14.7 Å². The molecule has 1 unspecified atom stereocenters. The average Bonchev–Trinajstić information content (AvgIpc) is 2.93. The lowest BCUT2D eigenvalue weighted by atomic mass is 9.71. The molecule has 23 heavy (non-hydrogen) atoms. The van der Waals surface area contributed by atoms with Gasteiger partial charge in [-0.25, -0.2) is 4.79 Å². The van der Waals surface area contributed by atoms with Crippen LogP contribution >= 0.6 is 0 Å². The molecule has 1 atom stereocenters. The topological polar surface area (TPSA) is 62.3 Å². The molecule has 7 nitrogen and oxygen atoms in total. The molecule has 0 aromatic heterocycles. The van der Waals surface area contributed by atoms with Crippen LogP contribution < -0.4 is 0 Å². The molecule has 0 aromatic carbocycles. The first-order chi connectivity index (χ1) is 11.0. The Morgan fingerprint density at radius 2 is 1.61 bits per heavy atom. The van der Waals surface area contributed by atoms with Crippen LogP contribution in [0.2, 0.25) is 0 Å². The number of carbonyl (C=O) groups is 2. The van der Waals surface area contributed by atoms with Gasteiger partial charge in [0.15, 0.2) is 0 Å². The monoisotopic (exact) mass is 325 g/mol. The molecule has 0 aliphatic carbocycles. The van der Waals surface area contributed by atoms with Gasteiger partial charge in [0.2, 0.25) is 5.91 Å². The minimum Gasteiger partial charge on any atom is -0.381 e. The van der Waals surface area contributed by atoms with Gasteiger partial charge < -0.3 is 24.2 Å². The van der Waals surface area contributed by atoms with E-state index >= 15 is 0 Å². The van der Waals surface area contributed by atoms with E-state index in [1.807, 2.05) is 9.80 Å². The molecule has 0 bridgehead atoms. The van der Waals surface area contributed by atoms with Crippen molar-refractivity contribution in [1.29, 1.82) is 0 Å². The second-order valence-electron chi connectivity index (χ2n) is 7.02. The standard InChI is InChI=1S/C16H27N3O4/c1-17(2)15(21)19-11-13(14(20)18-5-9-23-10-6-18)16(12-19)3-7-22-8-4-16/h13H,3-12H2,1-2H3. The van der Waals surface area contributed by atoms with Gasteiger partial charge in [0.1, 0.15) is 0 Å². The lowest BCUT2D eigenvalue weighted by molar-refractivity contribution is -0.144. The fraction of sp³-hybridized carbons (Fsp3) is 0.875. The van der Waals surface area contributed by atoms with E-state index in [1.165, 1.54) is 0 Å². The number of carbonyl (C=O) groups excluding carboxylic acids is 2. The van der Waals surface area contributed by atoms with E-state index in [2.05, 4.69) is 0 Å². The summed E-state index contributed by atoms with van der Waals surface area (Å²) in [7, 11) is 3.52. The van der Waals surface area contributed by atoms with E-state index in [1.54, 1.807) is 19.0 Å². The van der Waals surface area contributed by atoms with Gasteiger partial charge in [-0.1, -0.05) is 0 Å². The molecule has 3 fully saturated rings. The number of rotatable bonds is 1. The largest absolute Gasteiger partial charge is 0.381 e. The first-order valence-corrected chi connectivity index (χ1v) is 8.44. The fourth-order valence-electron chi connectivity index (χ4n) is 4.03. The quantitative estimate of drug-likeness (QED) is 0.694. The number of morpholine rings is 1. The molecule has 7 heteroatoms. The van der Waals surface area contributed by atoms with E-state index < -0.39 is 0 Å². The zero-order chi connectivity index (χ0) is 16.4. The first kappa shape index (κ1) is 16.5. The third-order valence-corrected chi connectivity index (χ3v) is 5.41. The Bertz CT molecular complexity index is 456. The van der Waals surface area contributed by atoms with Crippen LogP contribution in [0.5, 0.6) is 0 Å². The molecular formula is C16H27N3O4. The Morgan fingerprint density at radius 3 is 2.22 bits per heavy atom.